The first-order valence-corrected chi connectivity index (χ1v) is 4.32. The van der Waals surface area contributed by atoms with Gasteiger partial charge in [-0.25, -0.2) is 0 Å². The molecule has 4 heteroatoms. The van der Waals surface area contributed by atoms with Crippen molar-refractivity contribution in [3.8, 4) is 11.5 Å². The van der Waals surface area contributed by atoms with Crippen LogP contribution in [0.4, 0.5) is 0 Å². The highest BCUT2D eigenvalue weighted by atomic mass is 16.4. The van der Waals surface area contributed by atoms with Gasteiger partial charge in [-0.2, -0.15) is 0 Å². The van der Waals surface area contributed by atoms with Gasteiger partial charge in [0.05, 0.1) is 0 Å². The van der Waals surface area contributed by atoms with E-state index in [0.29, 0.717) is 18.4 Å². The molecule has 0 atom stereocenters. The van der Waals surface area contributed by atoms with Crippen molar-refractivity contribution in [2.45, 2.75) is 19.3 Å². The maximum absolute atomic E-state index is 10.2. The molecule has 3 N–H and O–H groups in total. The van der Waals surface area contributed by atoms with Gasteiger partial charge in [0.2, 0.25) is 0 Å². The molecule has 0 radical (unpaired) electrons. The van der Waals surface area contributed by atoms with Crippen LogP contribution in [0.15, 0.2) is 18.2 Å². The van der Waals surface area contributed by atoms with E-state index < -0.39 is 5.97 Å². The van der Waals surface area contributed by atoms with Crippen LogP contribution in [0.25, 0.3) is 0 Å². The normalized spacial score (nSPS) is 10.0. The number of carboxylic acid groups (broad SMARTS) is 1. The molecular weight excluding hydrogens is 184 g/mol. The number of aromatic hydroxyl groups is 2. The van der Waals surface area contributed by atoms with Crippen molar-refractivity contribution >= 4 is 5.97 Å². The summed E-state index contributed by atoms with van der Waals surface area (Å²) in [5, 5.41) is 26.7. The van der Waals surface area contributed by atoms with E-state index >= 15 is 0 Å². The fourth-order valence-corrected chi connectivity index (χ4v) is 1.19. The number of aliphatic carboxylic acids is 1. The van der Waals surface area contributed by atoms with E-state index in [1.54, 1.807) is 6.07 Å². The van der Waals surface area contributed by atoms with Crippen LogP contribution >= 0.6 is 0 Å². The maximum atomic E-state index is 10.2. The summed E-state index contributed by atoms with van der Waals surface area (Å²) in [6.07, 6.45) is 1.06. The van der Waals surface area contributed by atoms with E-state index in [1.165, 1.54) is 12.1 Å². The van der Waals surface area contributed by atoms with Crippen molar-refractivity contribution < 1.29 is 20.1 Å². The first kappa shape index (κ1) is 10.4. The maximum Gasteiger partial charge on any atom is 0.303 e. The average molecular weight is 196 g/mol. The topological polar surface area (TPSA) is 77.8 Å². The van der Waals surface area contributed by atoms with E-state index in [1.807, 2.05) is 0 Å². The minimum Gasteiger partial charge on any atom is -0.508 e. The van der Waals surface area contributed by atoms with Crippen molar-refractivity contribution in [3.05, 3.63) is 23.8 Å². The zero-order valence-corrected chi connectivity index (χ0v) is 7.60. The highest BCUT2D eigenvalue weighted by Crippen LogP contribution is 2.23. The highest BCUT2D eigenvalue weighted by molar-refractivity contribution is 5.66. The molecule has 0 amide bonds. The van der Waals surface area contributed by atoms with E-state index in [2.05, 4.69) is 0 Å². The van der Waals surface area contributed by atoms with Gasteiger partial charge < -0.3 is 15.3 Å². The van der Waals surface area contributed by atoms with Crippen molar-refractivity contribution in [2.24, 2.45) is 0 Å². The molecule has 0 aliphatic rings. The molecule has 0 heterocycles. The van der Waals surface area contributed by atoms with Gasteiger partial charge in [0, 0.05) is 12.5 Å². The lowest BCUT2D eigenvalue weighted by Gasteiger charge is -2.03. The molecule has 1 rings (SSSR count). The van der Waals surface area contributed by atoms with Gasteiger partial charge in [-0.15, -0.1) is 0 Å². The third kappa shape index (κ3) is 2.97. The summed E-state index contributed by atoms with van der Waals surface area (Å²) in [6.45, 7) is 0. The molecule has 1 aromatic carbocycles. The zero-order chi connectivity index (χ0) is 10.6. The number of phenolic OH excluding ortho intramolecular Hbond substituents is 2. The number of hydrogen-bond donors (Lipinski definition) is 3. The lowest BCUT2D eigenvalue weighted by molar-refractivity contribution is -0.137. The van der Waals surface area contributed by atoms with Crippen molar-refractivity contribution in [2.75, 3.05) is 0 Å². The highest BCUT2D eigenvalue weighted by Gasteiger charge is 2.03. The number of benzene rings is 1. The van der Waals surface area contributed by atoms with Gasteiger partial charge in [-0.3, -0.25) is 4.79 Å². The summed E-state index contributed by atoms with van der Waals surface area (Å²) in [7, 11) is 0. The standard InChI is InChI=1S/C10H12O4/c11-8-5-4-7(9(12)6-8)2-1-3-10(13)14/h4-6,11-12H,1-3H2,(H,13,14). The Labute approximate surface area is 81.4 Å². The fourth-order valence-electron chi connectivity index (χ4n) is 1.19. The number of rotatable bonds is 4. The van der Waals surface area contributed by atoms with Crippen LogP contribution in [0.5, 0.6) is 11.5 Å². The smallest absolute Gasteiger partial charge is 0.303 e. The lowest BCUT2D eigenvalue weighted by Crippen LogP contribution is -1.95. The molecule has 0 saturated carbocycles. The van der Waals surface area contributed by atoms with Crippen LogP contribution < -0.4 is 0 Å². The minimum atomic E-state index is -0.844. The molecular formula is C10H12O4. The predicted octanol–water partition coefficient (Wildman–Crippen LogP) is 1.51. The Bertz CT molecular complexity index is 333. The Hall–Kier alpha value is -1.71. The van der Waals surface area contributed by atoms with Crippen molar-refractivity contribution in [1.82, 2.24) is 0 Å². The Morgan fingerprint density at radius 3 is 2.57 bits per heavy atom. The Kier molecular flexibility index (Phi) is 3.34. The third-order valence-electron chi connectivity index (χ3n) is 1.91. The van der Waals surface area contributed by atoms with Crippen molar-refractivity contribution in [3.63, 3.8) is 0 Å². The number of aryl methyl sites for hydroxylation is 1. The van der Waals surface area contributed by atoms with Gasteiger partial charge in [-0.1, -0.05) is 6.07 Å². The Balaban J connectivity index is 2.55. The molecule has 0 fully saturated rings. The number of carbonyl (C=O) groups is 1. The van der Waals surface area contributed by atoms with Crippen molar-refractivity contribution in [1.29, 1.82) is 0 Å². The van der Waals surface area contributed by atoms with E-state index in [0.717, 1.165) is 0 Å². The Morgan fingerprint density at radius 2 is 2.00 bits per heavy atom. The van der Waals surface area contributed by atoms with E-state index in [-0.39, 0.29) is 17.9 Å². The quantitative estimate of drug-likeness (QED) is 0.682. The van der Waals surface area contributed by atoms with Gasteiger partial charge in [-0.05, 0) is 24.5 Å². The summed E-state index contributed by atoms with van der Waals surface area (Å²) in [4.78, 5) is 10.2. The largest absolute Gasteiger partial charge is 0.508 e. The second kappa shape index (κ2) is 4.50. The molecule has 0 spiro atoms. The van der Waals surface area contributed by atoms with Crippen LogP contribution in [0, 0.1) is 0 Å². The molecule has 76 valence electrons. The van der Waals surface area contributed by atoms with Crippen LogP contribution in [0.3, 0.4) is 0 Å². The molecule has 14 heavy (non-hydrogen) atoms. The van der Waals surface area contributed by atoms with E-state index in [9.17, 15) is 9.90 Å². The van der Waals surface area contributed by atoms with Crippen LogP contribution in [-0.2, 0) is 11.2 Å². The minimum absolute atomic E-state index is 0.00415. The monoisotopic (exact) mass is 196 g/mol. The first-order valence-electron chi connectivity index (χ1n) is 4.32. The van der Waals surface area contributed by atoms with Crippen LogP contribution in [0.1, 0.15) is 18.4 Å². The molecule has 0 bridgehead atoms. The van der Waals surface area contributed by atoms with Gasteiger partial charge >= 0.3 is 5.97 Å². The number of carboxylic acids is 1. The lowest BCUT2D eigenvalue weighted by atomic mass is 10.1. The number of phenols is 2. The second-order valence-electron chi connectivity index (χ2n) is 3.06. The third-order valence-corrected chi connectivity index (χ3v) is 1.91. The van der Waals surface area contributed by atoms with Gasteiger partial charge in [0.15, 0.2) is 0 Å². The van der Waals surface area contributed by atoms with E-state index in [4.69, 9.17) is 10.2 Å². The number of hydrogen-bond acceptors (Lipinski definition) is 3. The SMILES string of the molecule is O=C(O)CCCc1ccc(O)cc1O. The molecule has 4 nitrogen and oxygen atoms in total. The molecule has 0 unspecified atom stereocenters. The Morgan fingerprint density at radius 1 is 1.29 bits per heavy atom. The molecule has 0 aliphatic carbocycles. The van der Waals surface area contributed by atoms with Gasteiger partial charge in [0.25, 0.3) is 0 Å². The zero-order valence-electron chi connectivity index (χ0n) is 7.60. The summed E-state index contributed by atoms with van der Waals surface area (Å²) in [5.74, 6) is -0.830. The average Bonchev–Trinajstić information content (AvgIpc) is 2.08. The first-order chi connectivity index (χ1) is 6.59. The van der Waals surface area contributed by atoms with Gasteiger partial charge in [0.1, 0.15) is 11.5 Å². The van der Waals surface area contributed by atoms with Crippen LogP contribution in [0.2, 0.25) is 0 Å². The summed E-state index contributed by atoms with van der Waals surface area (Å²) >= 11 is 0. The molecule has 0 saturated heterocycles. The molecule has 1 aromatic rings. The summed E-state index contributed by atoms with van der Waals surface area (Å²) < 4.78 is 0. The second-order valence-corrected chi connectivity index (χ2v) is 3.06. The summed E-state index contributed by atoms with van der Waals surface area (Å²) in [6, 6.07) is 4.30. The fraction of sp³-hybridized carbons (Fsp3) is 0.300. The molecule has 0 aromatic heterocycles. The van der Waals surface area contributed by atoms with Crippen LogP contribution in [-0.4, -0.2) is 21.3 Å². The summed E-state index contributed by atoms with van der Waals surface area (Å²) in [5.41, 5.74) is 0.657. The predicted molar refractivity (Wildman–Crippen MR) is 50.3 cm³/mol. The molecule has 0 aliphatic heterocycles.